The number of likely N-dealkylation sites (N-methyl/N-ethyl adjacent to an activating group) is 1. The number of halogens is 1. The van der Waals surface area contributed by atoms with Gasteiger partial charge >= 0.3 is 5.97 Å². The molecule has 6 nitrogen and oxygen atoms in total. The Hall–Kier alpha value is -1.29. The van der Waals surface area contributed by atoms with E-state index in [0.717, 1.165) is 26.4 Å². The number of hydrogen-bond donors (Lipinski definition) is 2. The van der Waals surface area contributed by atoms with Crippen LogP contribution in [0.3, 0.4) is 0 Å². The molecule has 1 aromatic heterocycles. The lowest BCUT2D eigenvalue weighted by molar-refractivity contribution is -0.133. The van der Waals surface area contributed by atoms with Crippen LogP contribution in [0.25, 0.3) is 11.0 Å². The van der Waals surface area contributed by atoms with Crippen LogP contribution < -0.4 is 5.32 Å². The number of benzene rings is 1. The SMILES string of the molecule is CCNC(=O)Cn1c(SCC(=O)O)nc2cc(I)ccc21. The molecule has 0 saturated carbocycles. The highest BCUT2D eigenvalue weighted by molar-refractivity contribution is 14.1. The Morgan fingerprint density at radius 1 is 1.48 bits per heavy atom. The molecule has 21 heavy (non-hydrogen) atoms. The average Bonchev–Trinajstić information content (AvgIpc) is 2.74. The van der Waals surface area contributed by atoms with Gasteiger partial charge in [0.15, 0.2) is 5.16 Å². The van der Waals surface area contributed by atoms with Crippen molar-refractivity contribution in [1.82, 2.24) is 14.9 Å². The largest absolute Gasteiger partial charge is 0.481 e. The van der Waals surface area contributed by atoms with Crippen molar-refractivity contribution >= 4 is 57.3 Å². The van der Waals surface area contributed by atoms with E-state index in [-0.39, 0.29) is 18.2 Å². The first-order valence-electron chi connectivity index (χ1n) is 6.28. The van der Waals surface area contributed by atoms with Gasteiger partial charge in [-0.15, -0.1) is 0 Å². The van der Waals surface area contributed by atoms with Crippen LogP contribution in [0.2, 0.25) is 0 Å². The molecule has 1 heterocycles. The van der Waals surface area contributed by atoms with Crippen molar-refractivity contribution in [1.29, 1.82) is 0 Å². The highest BCUT2D eigenvalue weighted by Crippen LogP contribution is 2.25. The molecule has 2 rings (SSSR count). The Kier molecular flexibility index (Phi) is 5.45. The summed E-state index contributed by atoms with van der Waals surface area (Å²) in [5.74, 6) is -1.12. The first-order chi connectivity index (χ1) is 10.0. The number of imidazole rings is 1. The topological polar surface area (TPSA) is 84.2 Å². The van der Waals surface area contributed by atoms with Gasteiger partial charge in [-0.25, -0.2) is 4.98 Å². The van der Waals surface area contributed by atoms with Gasteiger partial charge in [0, 0.05) is 10.1 Å². The number of thioether (sulfide) groups is 1. The average molecular weight is 419 g/mol. The zero-order valence-corrected chi connectivity index (χ0v) is 14.3. The lowest BCUT2D eigenvalue weighted by Crippen LogP contribution is -2.27. The van der Waals surface area contributed by atoms with E-state index in [9.17, 15) is 9.59 Å². The third-order valence-corrected chi connectivity index (χ3v) is 4.31. The van der Waals surface area contributed by atoms with Gasteiger partial charge in [-0.05, 0) is 47.7 Å². The van der Waals surface area contributed by atoms with Crippen LogP contribution in [0.15, 0.2) is 23.4 Å². The number of hydrogen-bond acceptors (Lipinski definition) is 4. The number of carboxylic acid groups (broad SMARTS) is 1. The summed E-state index contributed by atoms with van der Waals surface area (Å²) in [7, 11) is 0. The second kappa shape index (κ2) is 7.12. The zero-order valence-electron chi connectivity index (χ0n) is 11.3. The number of nitrogens with zero attached hydrogens (tertiary/aromatic N) is 2. The van der Waals surface area contributed by atoms with E-state index in [4.69, 9.17) is 5.11 Å². The van der Waals surface area contributed by atoms with Crippen LogP contribution in [0.5, 0.6) is 0 Å². The summed E-state index contributed by atoms with van der Waals surface area (Å²) in [6, 6.07) is 5.74. The van der Waals surface area contributed by atoms with Crippen LogP contribution in [-0.2, 0) is 16.1 Å². The van der Waals surface area contributed by atoms with Gasteiger partial charge in [-0.3, -0.25) is 9.59 Å². The Morgan fingerprint density at radius 3 is 2.90 bits per heavy atom. The summed E-state index contributed by atoms with van der Waals surface area (Å²) >= 11 is 3.31. The third-order valence-electron chi connectivity index (χ3n) is 2.68. The maximum Gasteiger partial charge on any atom is 0.313 e. The molecule has 0 radical (unpaired) electrons. The van der Waals surface area contributed by atoms with Crippen molar-refractivity contribution in [3.8, 4) is 0 Å². The molecule has 112 valence electrons. The molecule has 1 amide bonds. The summed E-state index contributed by atoms with van der Waals surface area (Å²) < 4.78 is 2.79. The van der Waals surface area contributed by atoms with E-state index in [1.807, 2.05) is 25.1 Å². The van der Waals surface area contributed by atoms with Gasteiger partial charge in [0.05, 0.1) is 16.8 Å². The Balaban J connectivity index is 2.39. The van der Waals surface area contributed by atoms with Crippen LogP contribution in [-0.4, -0.2) is 38.8 Å². The van der Waals surface area contributed by atoms with Gasteiger partial charge in [0.25, 0.3) is 0 Å². The molecule has 0 aliphatic rings. The smallest absolute Gasteiger partial charge is 0.313 e. The summed E-state index contributed by atoms with van der Waals surface area (Å²) in [6.07, 6.45) is 0. The molecular formula is C13H14IN3O3S. The Morgan fingerprint density at radius 2 is 2.24 bits per heavy atom. The van der Waals surface area contributed by atoms with E-state index in [2.05, 4.69) is 32.9 Å². The standard InChI is InChI=1S/C13H14IN3O3S/c1-2-15-11(18)6-17-10-4-3-8(14)5-9(10)16-13(17)21-7-12(19)20/h3-5H,2,6-7H2,1H3,(H,15,18)(H,19,20). The number of carbonyl (C=O) groups excluding carboxylic acids is 1. The number of nitrogens with one attached hydrogen (secondary N) is 1. The van der Waals surface area contributed by atoms with Gasteiger partial charge < -0.3 is 15.0 Å². The van der Waals surface area contributed by atoms with E-state index < -0.39 is 5.97 Å². The summed E-state index contributed by atoms with van der Waals surface area (Å²) in [5, 5.41) is 12.1. The van der Waals surface area contributed by atoms with E-state index >= 15 is 0 Å². The van der Waals surface area contributed by atoms with Crippen LogP contribution in [0, 0.1) is 3.57 Å². The van der Waals surface area contributed by atoms with E-state index in [1.54, 1.807) is 4.57 Å². The Bertz CT molecular complexity index is 687. The fourth-order valence-corrected chi connectivity index (χ4v) is 3.08. The van der Waals surface area contributed by atoms with Gasteiger partial charge in [-0.1, -0.05) is 11.8 Å². The number of fused-ring (bicyclic) bond motifs is 1. The fraction of sp³-hybridized carbons (Fsp3) is 0.308. The Labute approximate surface area is 139 Å². The first-order valence-corrected chi connectivity index (χ1v) is 8.34. The van der Waals surface area contributed by atoms with Gasteiger partial charge in [0.2, 0.25) is 5.91 Å². The molecule has 1 aromatic carbocycles. The van der Waals surface area contributed by atoms with Crippen molar-refractivity contribution in [2.24, 2.45) is 0 Å². The van der Waals surface area contributed by atoms with Crippen LogP contribution >= 0.6 is 34.4 Å². The number of carboxylic acids is 1. The summed E-state index contributed by atoms with van der Waals surface area (Å²) in [5.41, 5.74) is 1.59. The number of aromatic nitrogens is 2. The maximum absolute atomic E-state index is 11.8. The third kappa shape index (κ3) is 4.10. The zero-order chi connectivity index (χ0) is 15.4. The molecule has 0 aliphatic heterocycles. The van der Waals surface area contributed by atoms with Crippen molar-refractivity contribution < 1.29 is 14.7 Å². The molecule has 0 atom stereocenters. The maximum atomic E-state index is 11.8. The van der Waals surface area contributed by atoms with Crippen molar-refractivity contribution in [2.75, 3.05) is 12.3 Å². The van der Waals surface area contributed by atoms with Crippen molar-refractivity contribution in [3.05, 3.63) is 21.8 Å². The number of carbonyl (C=O) groups is 2. The van der Waals surface area contributed by atoms with Crippen LogP contribution in [0.4, 0.5) is 0 Å². The predicted molar refractivity (Wildman–Crippen MR) is 89.5 cm³/mol. The molecule has 8 heteroatoms. The summed E-state index contributed by atoms with van der Waals surface area (Å²) in [6.45, 7) is 2.54. The monoisotopic (exact) mass is 419 g/mol. The van der Waals surface area contributed by atoms with E-state index in [1.165, 1.54) is 0 Å². The van der Waals surface area contributed by atoms with Gasteiger partial charge in [-0.2, -0.15) is 0 Å². The molecule has 0 spiro atoms. The molecule has 0 bridgehead atoms. The lowest BCUT2D eigenvalue weighted by atomic mass is 10.3. The quantitative estimate of drug-likeness (QED) is 0.553. The molecule has 2 aromatic rings. The summed E-state index contributed by atoms with van der Waals surface area (Å²) in [4.78, 5) is 27.0. The highest BCUT2D eigenvalue weighted by atomic mass is 127. The molecule has 0 fully saturated rings. The normalized spacial score (nSPS) is 10.8. The number of aliphatic carboxylic acids is 1. The van der Waals surface area contributed by atoms with Crippen molar-refractivity contribution in [2.45, 2.75) is 18.6 Å². The van der Waals surface area contributed by atoms with Crippen molar-refractivity contribution in [3.63, 3.8) is 0 Å². The second-order valence-corrected chi connectivity index (χ2v) is 6.44. The van der Waals surface area contributed by atoms with E-state index in [0.29, 0.717) is 11.7 Å². The minimum Gasteiger partial charge on any atom is -0.481 e. The highest BCUT2D eigenvalue weighted by Gasteiger charge is 2.15. The lowest BCUT2D eigenvalue weighted by Gasteiger charge is -2.08. The molecular weight excluding hydrogens is 405 g/mol. The molecule has 0 aliphatic carbocycles. The van der Waals surface area contributed by atoms with Gasteiger partial charge in [0.1, 0.15) is 6.54 Å². The number of amides is 1. The minimum atomic E-state index is -0.911. The molecule has 0 saturated heterocycles. The molecule has 0 unspecified atom stereocenters. The first kappa shape index (κ1) is 16.1. The minimum absolute atomic E-state index is 0.0875. The fourth-order valence-electron chi connectivity index (χ4n) is 1.87. The predicted octanol–water partition coefficient (Wildman–Crippen LogP) is 1.95. The number of rotatable bonds is 6. The molecule has 2 N–H and O–H groups in total. The second-order valence-electron chi connectivity index (χ2n) is 4.25. The van der Waals surface area contributed by atoms with Crippen LogP contribution in [0.1, 0.15) is 6.92 Å².